The van der Waals surface area contributed by atoms with Gasteiger partial charge in [0.1, 0.15) is 11.0 Å². The van der Waals surface area contributed by atoms with E-state index >= 15 is 8.78 Å². The predicted octanol–water partition coefficient (Wildman–Crippen LogP) is 14.1. The number of aromatic nitrogens is 2. The highest BCUT2D eigenvalue weighted by Gasteiger charge is 2.27. The largest absolute Gasteiger partial charge is 0.203 e. The first-order valence-corrected chi connectivity index (χ1v) is 20.3. The molecule has 0 radical (unpaired) electrons. The molecule has 248 valence electrons. The van der Waals surface area contributed by atoms with Crippen molar-refractivity contribution in [1.82, 2.24) is 8.75 Å². The SMILES string of the molecule is CCCCCCCCC(CC)Cc1csc(-c2c(F)c(F)c(-c3cc(CC(CC)CCCCCCCC)cs3)c3nsnc23)c1. The first-order chi connectivity index (χ1) is 22.0. The van der Waals surface area contributed by atoms with Crippen LogP contribution in [0, 0.1) is 23.5 Å². The lowest BCUT2D eigenvalue weighted by Gasteiger charge is -2.14. The Kier molecular flexibility index (Phi) is 15.4. The summed E-state index contributed by atoms with van der Waals surface area (Å²) in [7, 11) is 0. The lowest BCUT2D eigenvalue weighted by atomic mass is 9.92. The number of halogens is 2. The molecular weight excluding hydrogens is 619 g/mol. The summed E-state index contributed by atoms with van der Waals surface area (Å²) in [5.74, 6) is -0.367. The molecule has 0 saturated heterocycles. The van der Waals surface area contributed by atoms with Gasteiger partial charge in [0, 0.05) is 9.75 Å². The molecule has 2 nitrogen and oxygen atoms in total. The maximum Gasteiger partial charge on any atom is 0.170 e. The van der Waals surface area contributed by atoms with Crippen molar-refractivity contribution in [3.8, 4) is 20.9 Å². The third-order valence-electron chi connectivity index (χ3n) is 9.53. The van der Waals surface area contributed by atoms with Gasteiger partial charge in [0.05, 0.1) is 22.9 Å². The van der Waals surface area contributed by atoms with Crippen LogP contribution in [0.15, 0.2) is 22.9 Å². The van der Waals surface area contributed by atoms with E-state index in [1.807, 2.05) is 0 Å². The quantitative estimate of drug-likeness (QED) is 0.0777. The minimum absolute atomic E-state index is 0.266. The zero-order valence-electron chi connectivity index (χ0n) is 28.1. The van der Waals surface area contributed by atoms with Crippen LogP contribution < -0.4 is 0 Å². The molecule has 4 aromatic rings. The molecule has 0 aliphatic rings. The number of hydrogen-bond acceptors (Lipinski definition) is 5. The highest BCUT2D eigenvalue weighted by atomic mass is 32.1. The number of thiophene rings is 2. The van der Waals surface area contributed by atoms with Crippen LogP contribution in [-0.4, -0.2) is 8.75 Å². The second-order valence-corrected chi connectivity index (χ2v) is 15.4. The van der Waals surface area contributed by atoms with E-state index in [0.29, 0.717) is 22.9 Å². The van der Waals surface area contributed by atoms with E-state index in [-0.39, 0.29) is 11.1 Å². The minimum Gasteiger partial charge on any atom is -0.203 e. The van der Waals surface area contributed by atoms with Gasteiger partial charge in [0.15, 0.2) is 11.6 Å². The van der Waals surface area contributed by atoms with Gasteiger partial charge in [-0.1, -0.05) is 130 Å². The summed E-state index contributed by atoms with van der Waals surface area (Å²) in [6, 6.07) is 4.12. The van der Waals surface area contributed by atoms with Crippen LogP contribution in [0.25, 0.3) is 31.9 Å². The first-order valence-electron chi connectivity index (χ1n) is 17.8. The van der Waals surface area contributed by atoms with Gasteiger partial charge in [0.2, 0.25) is 0 Å². The first kappa shape index (κ1) is 36.1. The molecule has 3 aromatic heterocycles. The van der Waals surface area contributed by atoms with Crippen LogP contribution in [0.1, 0.15) is 142 Å². The van der Waals surface area contributed by atoms with Gasteiger partial charge in [0.25, 0.3) is 0 Å². The standard InChI is InChI=1S/C38H54F2N2S3/c1-5-9-11-13-15-17-19-27(7-3)21-29-23-31(43-25-29)33-35(39)36(40)34(38-37(33)41-45-42-38)32-24-30(26-44-32)22-28(8-4)20-18-16-14-12-10-6-2/h23-28H,5-22H2,1-4H3. The highest BCUT2D eigenvalue weighted by molar-refractivity contribution is 7.14. The summed E-state index contributed by atoms with van der Waals surface area (Å²) in [5.41, 5.74) is 3.91. The number of benzene rings is 1. The second-order valence-electron chi connectivity index (χ2n) is 13.0. The summed E-state index contributed by atoms with van der Waals surface area (Å²) in [6.45, 7) is 9.04. The molecule has 0 amide bonds. The summed E-state index contributed by atoms with van der Waals surface area (Å²) in [4.78, 5) is 1.49. The number of unbranched alkanes of at least 4 members (excludes halogenated alkanes) is 10. The van der Waals surface area contributed by atoms with Crippen molar-refractivity contribution in [1.29, 1.82) is 0 Å². The van der Waals surface area contributed by atoms with Gasteiger partial charge in [-0.2, -0.15) is 8.75 Å². The maximum atomic E-state index is 16.0. The number of rotatable bonds is 22. The Morgan fingerprint density at radius 3 is 1.38 bits per heavy atom. The molecule has 3 heterocycles. The van der Waals surface area contributed by atoms with Crippen LogP contribution in [0.4, 0.5) is 8.78 Å². The van der Waals surface area contributed by atoms with Crippen LogP contribution >= 0.6 is 34.4 Å². The fraction of sp³-hybridized carbons (Fsp3) is 0.632. The Morgan fingerprint density at radius 1 is 0.578 bits per heavy atom. The van der Waals surface area contributed by atoms with Crippen molar-refractivity contribution < 1.29 is 8.78 Å². The molecule has 4 rings (SSSR count). The molecule has 0 spiro atoms. The average Bonchev–Trinajstić information content (AvgIpc) is 3.82. The monoisotopic (exact) mass is 672 g/mol. The van der Waals surface area contributed by atoms with Gasteiger partial charge >= 0.3 is 0 Å². The Hall–Kier alpha value is -1.70. The van der Waals surface area contributed by atoms with E-state index in [2.05, 4.69) is 59.3 Å². The number of nitrogens with zero attached hydrogens (tertiary/aromatic N) is 2. The van der Waals surface area contributed by atoms with Crippen molar-refractivity contribution >= 4 is 45.4 Å². The van der Waals surface area contributed by atoms with Gasteiger partial charge < -0.3 is 0 Å². The van der Waals surface area contributed by atoms with Crippen molar-refractivity contribution in [2.24, 2.45) is 11.8 Å². The molecule has 0 saturated carbocycles. The van der Waals surface area contributed by atoms with Gasteiger partial charge in [-0.05, 0) is 58.7 Å². The van der Waals surface area contributed by atoms with Crippen LogP contribution in [-0.2, 0) is 12.8 Å². The fourth-order valence-electron chi connectivity index (χ4n) is 6.62. The molecular formula is C38H54F2N2S3. The third-order valence-corrected chi connectivity index (χ3v) is 12.1. The molecule has 1 aromatic carbocycles. The molecule has 0 aliphatic heterocycles. The normalized spacial score (nSPS) is 13.2. The maximum absolute atomic E-state index is 16.0. The summed E-state index contributed by atoms with van der Waals surface area (Å²) in [5, 5.41) is 4.24. The Balaban J connectivity index is 1.45. The lowest BCUT2D eigenvalue weighted by molar-refractivity contribution is 0.436. The number of hydrogen-bond donors (Lipinski definition) is 0. The third kappa shape index (κ3) is 10.1. The Bertz CT molecular complexity index is 1320. The topological polar surface area (TPSA) is 25.8 Å². The average molecular weight is 673 g/mol. The molecule has 2 unspecified atom stereocenters. The second kappa shape index (κ2) is 19.2. The van der Waals surface area contributed by atoms with Crippen molar-refractivity contribution in [2.45, 2.75) is 143 Å². The van der Waals surface area contributed by atoms with Crippen molar-refractivity contribution in [3.63, 3.8) is 0 Å². The van der Waals surface area contributed by atoms with Crippen LogP contribution in [0.3, 0.4) is 0 Å². The fourth-order valence-corrected chi connectivity index (χ4v) is 9.11. The van der Waals surface area contributed by atoms with Crippen LogP contribution in [0.5, 0.6) is 0 Å². The number of fused-ring (bicyclic) bond motifs is 1. The Morgan fingerprint density at radius 2 is 0.978 bits per heavy atom. The van der Waals surface area contributed by atoms with E-state index < -0.39 is 11.6 Å². The van der Waals surface area contributed by atoms with Gasteiger partial charge in [-0.3, -0.25) is 0 Å². The zero-order valence-corrected chi connectivity index (χ0v) is 30.5. The van der Waals surface area contributed by atoms with E-state index in [1.165, 1.54) is 124 Å². The molecule has 0 aliphatic carbocycles. The zero-order chi connectivity index (χ0) is 32.0. The summed E-state index contributed by atoms with van der Waals surface area (Å²) < 4.78 is 40.9. The van der Waals surface area contributed by atoms with Crippen molar-refractivity contribution in [3.05, 3.63) is 45.7 Å². The van der Waals surface area contributed by atoms with E-state index in [1.54, 1.807) is 0 Å². The lowest BCUT2D eigenvalue weighted by Crippen LogP contribution is -2.03. The highest BCUT2D eigenvalue weighted by Crippen LogP contribution is 2.43. The van der Waals surface area contributed by atoms with Gasteiger partial charge in [-0.15, -0.1) is 22.7 Å². The molecule has 45 heavy (non-hydrogen) atoms. The van der Waals surface area contributed by atoms with Crippen LogP contribution in [0.2, 0.25) is 0 Å². The summed E-state index contributed by atoms with van der Waals surface area (Å²) >= 11 is 4.02. The predicted molar refractivity (Wildman–Crippen MR) is 195 cm³/mol. The molecule has 0 bridgehead atoms. The smallest absolute Gasteiger partial charge is 0.170 e. The molecule has 0 N–H and O–H groups in total. The van der Waals surface area contributed by atoms with E-state index in [9.17, 15) is 0 Å². The molecule has 0 fully saturated rings. The molecule has 7 heteroatoms. The minimum atomic E-state index is -0.804. The van der Waals surface area contributed by atoms with E-state index in [4.69, 9.17) is 0 Å². The van der Waals surface area contributed by atoms with E-state index in [0.717, 1.165) is 47.2 Å². The summed E-state index contributed by atoms with van der Waals surface area (Å²) in [6.07, 6.45) is 22.4. The van der Waals surface area contributed by atoms with Gasteiger partial charge in [-0.25, -0.2) is 8.78 Å². The molecule has 2 atom stereocenters. The van der Waals surface area contributed by atoms with Crippen molar-refractivity contribution in [2.75, 3.05) is 0 Å². The Labute approximate surface area is 283 Å².